The Kier molecular flexibility index (Phi) is 6.61. The van der Waals surface area contributed by atoms with E-state index in [-0.39, 0.29) is 17.0 Å². The van der Waals surface area contributed by atoms with E-state index in [1.807, 2.05) is 0 Å². The molecular formula is C22H14F6N2O3. The molecular weight excluding hydrogens is 454 g/mol. The lowest BCUT2D eigenvalue weighted by molar-refractivity contribution is -0.138. The average Bonchev–Trinajstić information content (AvgIpc) is 3.27. The molecule has 3 aromatic rings. The molecule has 0 aliphatic carbocycles. The third kappa shape index (κ3) is 6.25. The summed E-state index contributed by atoms with van der Waals surface area (Å²) < 4.78 is 83.1. The van der Waals surface area contributed by atoms with E-state index in [1.54, 1.807) is 0 Å². The van der Waals surface area contributed by atoms with Crippen molar-refractivity contribution in [3.63, 3.8) is 0 Å². The van der Waals surface area contributed by atoms with Gasteiger partial charge in [-0.05, 0) is 54.1 Å². The van der Waals surface area contributed by atoms with E-state index in [1.165, 1.54) is 18.4 Å². The summed E-state index contributed by atoms with van der Waals surface area (Å²) in [5.41, 5.74) is -2.60. The van der Waals surface area contributed by atoms with Crippen LogP contribution in [0.25, 0.3) is 6.08 Å². The lowest BCUT2D eigenvalue weighted by Crippen LogP contribution is -2.16. The van der Waals surface area contributed by atoms with Crippen molar-refractivity contribution in [3.8, 4) is 0 Å². The highest BCUT2D eigenvalue weighted by Crippen LogP contribution is 2.37. The summed E-state index contributed by atoms with van der Waals surface area (Å²) in [5.74, 6) is -1.80. The van der Waals surface area contributed by atoms with Crippen LogP contribution in [0.1, 0.15) is 27.2 Å². The summed E-state index contributed by atoms with van der Waals surface area (Å²) in [6.07, 6.45) is -6.11. The van der Waals surface area contributed by atoms with Crippen molar-refractivity contribution in [1.29, 1.82) is 0 Å². The Morgan fingerprint density at radius 1 is 0.848 bits per heavy atom. The van der Waals surface area contributed by atoms with Gasteiger partial charge in [0.1, 0.15) is 0 Å². The van der Waals surface area contributed by atoms with Crippen LogP contribution in [0, 0.1) is 0 Å². The number of carbonyl (C=O) groups excluding carboxylic acids is 2. The van der Waals surface area contributed by atoms with Crippen molar-refractivity contribution in [2.45, 2.75) is 12.4 Å². The number of halogens is 6. The van der Waals surface area contributed by atoms with Gasteiger partial charge in [-0.2, -0.15) is 26.3 Å². The van der Waals surface area contributed by atoms with Crippen molar-refractivity contribution in [2.24, 2.45) is 0 Å². The number of amides is 2. The molecule has 2 aromatic carbocycles. The third-order valence-electron chi connectivity index (χ3n) is 4.25. The predicted octanol–water partition coefficient (Wildman–Crippen LogP) is 6.22. The van der Waals surface area contributed by atoms with Gasteiger partial charge in [-0.25, -0.2) is 0 Å². The molecule has 2 N–H and O–H groups in total. The number of benzene rings is 2. The van der Waals surface area contributed by atoms with Crippen LogP contribution in [0.3, 0.4) is 0 Å². The van der Waals surface area contributed by atoms with E-state index in [4.69, 9.17) is 4.42 Å². The molecule has 0 aliphatic heterocycles. The topological polar surface area (TPSA) is 71.3 Å². The molecule has 33 heavy (non-hydrogen) atoms. The van der Waals surface area contributed by atoms with Crippen molar-refractivity contribution in [3.05, 3.63) is 89.4 Å². The fourth-order valence-corrected chi connectivity index (χ4v) is 2.70. The second-order valence-corrected chi connectivity index (χ2v) is 6.63. The highest BCUT2D eigenvalue weighted by atomic mass is 19.4. The lowest BCUT2D eigenvalue weighted by Gasteiger charge is -2.15. The van der Waals surface area contributed by atoms with Gasteiger partial charge in [-0.3, -0.25) is 9.59 Å². The van der Waals surface area contributed by atoms with Crippen molar-refractivity contribution in [2.75, 3.05) is 10.6 Å². The first-order chi connectivity index (χ1) is 15.4. The molecule has 0 radical (unpaired) electrons. The number of hydrogen-bond donors (Lipinski definition) is 2. The maximum Gasteiger partial charge on any atom is 0.418 e. The molecule has 2 amide bonds. The number of nitrogens with one attached hydrogen (secondary N) is 2. The summed E-state index contributed by atoms with van der Waals surface area (Å²) in [5, 5.41) is 4.33. The van der Waals surface area contributed by atoms with E-state index in [0.717, 1.165) is 48.6 Å². The van der Waals surface area contributed by atoms with E-state index in [9.17, 15) is 35.9 Å². The van der Waals surface area contributed by atoms with Crippen LogP contribution < -0.4 is 10.6 Å². The lowest BCUT2D eigenvalue weighted by atomic mass is 10.1. The molecule has 0 unspecified atom stereocenters. The van der Waals surface area contributed by atoms with Crippen molar-refractivity contribution < 1.29 is 40.3 Å². The molecule has 0 aliphatic rings. The van der Waals surface area contributed by atoms with E-state index >= 15 is 0 Å². The van der Waals surface area contributed by atoms with Gasteiger partial charge >= 0.3 is 12.4 Å². The first kappa shape index (κ1) is 23.6. The summed E-state index contributed by atoms with van der Waals surface area (Å²) in [6.45, 7) is 0. The SMILES string of the molecule is O=C(/C=C/c1ccc(C(F)(F)F)cc1)Nc1ccc(NC(=O)c2ccco2)cc1C(F)(F)F. The fraction of sp³-hybridized carbons (Fsp3) is 0.0909. The number of hydrogen-bond acceptors (Lipinski definition) is 3. The average molecular weight is 468 g/mol. The van der Waals surface area contributed by atoms with Crippen LogP contribution >= 0.6 is 0 Å². The normalized spacial score (nSPS) is 12.1. The number of furan rings is 1. The summed E-state index contributed by atoms with van der Waals surface area (Å²) in [4.78, 5) is 24.0. The van der Waals surface area contributed by atoms with Crippen LogP contribution in [0.15, 0.2) is 71.4 Å². The molecule has 1 aromatic heterocycles. The molecule has 5 nitrogen and oxygen atoms in total. The molecule has 0 atom stereocenters. The largest absolute Gasteiger partial charge is 0.459 e. The van der Waals surface area contributed by atoms with Gasteiger partial charge < -0.3 is 15.1 Å². The fourth-order valence-electron chi connectivity index (χ4n) is 2.70. The Bertz CT molecular complexity index is 1160. The molecule has 172 valence electrons. The number of anilines is 2. The molecule has 1 heterocycles. The van der Waals surface area contributed by atoms with Crippen molar-refractivity contribution in [1.82, 2.24) is 0 Å². The Morgan fingerprint density at radius 3 is 2.12 bits per heavy atom. The molecule has 0 saturated heterocycles. The van der Waals surface area contributed by atoms with Crippen molar-refractivity contribution >= 4 is 29.3 Å². The Morgan fingerprint density at radius 2 is 1.55 bits per heavy atom. The highest BCUT2D eigenvalue weighted by Gasteiger charge is 2.34. The highest BCUT2D eigenvalue weighted by molar-refractivity contribution is 6.04. The molecule has 3 rings (SSSR count). The quantitative estimate of drug-likeness (QED) is 0.345. The van der Waals surface area contributed by atoms with Crippen LogP contribution in [-0.2, 0) is 17.1 Å². The first-order valence-corrected chi connectivity index (χ1v) is 9.16. The zero-order valence-electron chi connectivity index (χ0n) is 16.4. The second-order valence-electron chi connectivity index (χ2n) is 6.63. The summed E-state index contributed by atoms with van der Waals surface area (Å²) in [7, 11) is 0. The Hall–Kier alpha value is -4.02. The molecule has 0 bridgehead atoms. The van der Waals surface area contributed by atoms with E-state index in [0.29, 0.717) is 6.07 Å². The van der Waals surface area contributed by atoms with Crippen LogP contribution in [0.2, 0.25) is 0 Å². The predicted molar refractivity (Wildman–Crippen MR) is 107 cm³/mol. The maximum atomic E-state index is 13.5. The van der Waals surface area contributed by atoms with Crippen LogP contribution in [0.5, 0.6) is 0 Å². The Labute approximate surface area is 182 Å². The number of alkyl halides is 6. The minimum atomic E-state index is -4.86. The molecule has 11 heteroatoms. The van der Waals surface area contributed by atoms with Gasteiger partial charge in [0.15, 0.2) is 5.76 Å². The zero-order valence-corrected chi connectivity index (χ0v) is 16.4. The number of rotatable bonds is 5. The van der Waals surface area contributed by atoms with Gasteiger partial charge in [0.25, 0.3) is 5.91 Å². The van der Waals surface area contributed by atoms with Gasteiger partial charge in [0.05, 0.1) is 23.1 Å². The van der Waals surface area contributed by atoms with E-state index in [2.05, 4.69) is 10.6 Å². The van der Waals surface area contributed by atoms with Gasteiger partial charge in [-0.1, -0.05) is 12.1 Å². The van der Waals surface area contributed by atoms with Gasteiger partial charge in [0, 0.05) is 11.8 Å². The standard InChI is InChI=1S/C22H14F6N2O3/c23-21(24,25)14-6-3-13(4-7-14)5-10-19(31)30-17-9-8-15(12-16(17)22(26,27)28)29-20(32)18-2-1-11-33-18/h1-12H,(H,29,32)(H,30,31)/b10-5+. The molecule has 0 spiro atoms. The van der Waals surface area contributed by atoms with Gasteiger partial charge in [0.2, 0.25) is 5.91 Å². The molecule has 0 saturated carbocycles. The van der Waals surface area contributed by atoms with Gasteiger partial charge in [-0.15, -0.1) is 0 Å². The first-order valence-electron chi connectivity index (χ1n) is 9.16. The summed E-state index contributed by atoms with van der Waals surface area (Å²) >= 11 is 0. The maximum absolute atomic E-state index is 13.5. The second kappa shape index (κ2) is 9.23. The Balaban J connectivity index is 1.74. The van der Waals surface area contributed by atoms with Crippen LogP contribution in [-0.4, -0.2) is 11.8 Å². The summed E-state index contributed by atoms with van der Waals surface area (Å²) in [6, 6.07) is 9.40. The minimum Gasteiger partial charge on any atom is -0.459 e. The number of carbonyl (C=O) groups is 2. The third-order valence-corrected chi connectivity index (χ3v) is 4.25. The molecule has 0 fully saturated rings. The smallest absolute Gasteiger partial charge is 0.418 e. The zero-order chi connectivity index (χ0) is 24.2. The van der Waals surface area contributed by atoms with Crippen LogP contribution in [0.4, 0.5) is 37.7 Å². The van der Waals surface area contributed by atoms with E-state index < -0.39 is 41.0 Å². The monoisotopic (exact) mass is 468 g/mol. The minimum absolute atomic E-state index is 0.102.